The number of carbonyl (C=O) groups excluding carboxylic acids is 2. The van der Waals surface area contributed by atoms with E-state index in [4.69, 9.17) is 14.2 Å². The zero-order chi connectivity index (χ0) is 24.2. The number of hydrogen-bond donors (Lipinski definition) is 2. The number of benzene rings is 3. The van der Waals surface area contributed by atoms with Crippen LogP contribution in [0.25, 0.3) is 22.2 Å². The molecule has 2 N–H and O–H groups in total. The fourth-order valence-corrected chi connectivity index (χ4v) is 3.45. The van der Waals surface area contributed by atoms with Crippen LogP contribution in [0.15, 0.2) is 71.5 Å². The Morgan fingerprint density at radius 3 is 2.06 bits per heavy atom. The number of aromatic nitrogens is 1. The van der Waals surface area contributed by atoms with Gasteiger partial charge in [-0.25, -0.2) is 4.79 Å². The van der Waals surface area contributed by atoms with Gasteiger partial charge in [-0.1, -0.05) is 0 Å². The van der Waals surface area contributed by atoms with Gasteiger partial charge in [0, 0.05) is 16.5 Å². The molecule has 172 valence electrons. The summed E-state index contributed by atoms with van der Waals surface area (Å²) in [6, 6.07) is 17.5. The van der Waals surface area contributed by atoms with Crippen molar-refractivity contribution in [2.45, 2.75) is 0 Å². The van der Waals surface area contributed by atoms with E-state index in [0.717, 1.165) is 0 Å². The Morgan fingerprint density at radius 1 is 0.853 bits per heavy atom. The van der Waals surface area contributed by atoms with Crippen molar-refractivity contribution in [2.24, 2.45) is 0 Å². The lowest BCUT2D eigenvalue weighted by atomic mass is 10.1. The first-order chi connectivity index (χ1) is 16.4. The molecule has 0 aliphatic carbocycles. The maximum Gasteiger partial charge on any atom is 0.338 e. The normalized spacial score (nSPS) is 10.6. The third-order valence-electron chi connectivity index (χ3n) is 5.34. The van der Waals surface area contributed by atoms with Crippen LogP contribution in [0, 0.1) is 0 Å². The number of ketones is 1. The number of aromatic hydroxyl groups is 1. The van der Waals surface area contributed by atoms with E-state index in [1.807, 2.05) is 0 Å². The number of pyridine rings is 1. The molecule has 34 heavy (non-hydrogen) atoms. The molecule has 8 heteroatoms. The van der Waals surface area contributed by atoms with Crippen LogP contribution in [-0.4, -0.2) is 42.7 Å². The molecule has 0 saturated carbocycles. The molecular weight excluding hydrogens is 438 g/mol. The zero-order valence-corrected chi connectivity index (χ0v) is 18.5. The summed E-state index contributed by atoms with van der Waals surface area (Å²) in [5, 5.41) is 10.6. The van der Waals surface area contributed by atoms with E-state index in [1.165, 1.54) is 32.4 Å². The molecule has 1 heterocycles. The third kappa shape index (κ3) is 4.47. The molecule has 0 aliphatic heterocycles. The Morgan fingerprint density at radius 2 is 1.44 bits per heavy atom. The summed E-state index contributed by atoms with van der Waals surface area (Å²) < 4.78 is 15.4. The van der Waals surface area contributed by atoms with Crippen LogP contribution < -0.4 is 14.9 Å². The predicted molar refractivity (Wildman–Crippen MR) is 126 cm³/mol. The summed E-state index contributed by atoms with van der Waals surface area (Å²) in [4.78, 5) is 40.6. The molecule has 0 amide bonds. The number of rotatable bonds is 7. The van der Waals surface area contributed by atoms with Gasteiger partial charge in [-0.2, -0.15) is 0 Å². The van der Waals surface area contributed by atoms with Gasteiger partial charge >= 0.3 is 5.97 Å². The molecule has 4 rings (SSSR count). The fourth-order valence-electron chi connectivity index (χ4n) is 3.45. The largest absolute Gasteiger partial charge is 0.503 e. The number of nitrogens with one attached hydrogen (secondary N) is 1. The van der Waals surface area contributed by atoms with Crippen molar-refractivity contribution in [1.29, 1.82) is 0 Å². The van der Waals surface area contributed by atoms with Crippen molar-refractivity contribution in [2.75, 3.05) is 20.8 Å². The van der Waals surface area contributed by atoms with E-state index < -0.39 is 23.8 Å². The third-order valence-corrected chi connectivity index (χ3v) is 5.34. The minimum atomic E-state index is -0.719. The molecule has 0 spiro atoms. The van der Waals surface area contributed by atoms with Crippen LogP contribution >= 0.6 is 0 Å². The highest BCUT2D eigenvalue weighted by Gasteiger charge is 2.16. The highest BCUT2D eigenvalue weighted by Crippen LogP contribution is 2.28. The second-order valence-electron chi connectivity index (χ2n) is 7.39. The zero-order valence-electron chi connectivity index (χ0n) is 18.5. The van der Waals surface area contributed by atoms with Crippen LogP contribution in [0.2, 0.25) is 0 Å². The van der Waals surface area contributed by atoms with Crippen molar-refractivity contribution in [3.63, 3.8) is 0 Å². The number of ether oxygens (including phenoxy) is 3. The van der Waals surface area contributed by atoms with Gasteiger partial charge in [0.15, 0.2) is 18.1 Å². The number of hydrogen-bond acceptors (Lipinski definition) is 7. The van der Waals surface area contributed by atoms with Gasteiger partial charge in [0.05, 0.1) is 31.0 Å². The molecule has 4 aromatic rings. The number of fused-ring (bicyclic) bond motifs is 1. The predicted octanol–water partition coefficient (Wildman–Crippen LogP) is 3.96. The maximum absolute atomic E-state index is 12.7. The maximum atomic E-state index is 12.7. The minimum absolute atomic E-state index is 0.150. The topological polar surface area (TPSA) is 115 Å². The molecule has 0 aliphatic rings. The summed E-state index contributed by atoms with van der Waals surface area (Å²) in [7, 11) is 3.06. The van der Waals surface area contributed by atoms with Gasteiger partial charge in [0.1, 0.15) is 11.5 Å². The lowest BCUT2D eigenvalue weighted by molar-refractivity contribution is 0.0475. The van der Waals surface area contributed by atoms with Crippen molar-refractivity contribution < 1.29 is 28.9 Å². The molecule has 8 nitrogen and oxygen atoms in total. The fraction of sp³-hybridized carbons (Fsp3) is 0.115. The molecule has 0 bridgehead atoms. The summed E-state index contributed by atoms with van der Waals surface area (Å²) in [6.07, 6.45) is 0. The first-order valence-corrected chi connectivity index (χ1v) is 10.3. The van der Waals surface area contributed by atoms with Crippen LogP contribution in [0.5, 0.6) is 17.2 Å². The van der Waals surface area contributed by atoms with Crippen LogP contribution in [0.3, 0.4) is 0 Å². The summed E-state index contributed by atoms with van der Waals surface area (Å²) >= 11 is 0. The lowest BCUT2D eigenvalue weighted by Gasteiger charge is -2.10. The Bertz CT molecular complexity index is 1420. The Balaban J connectivity index is 1.57. The van der Waals surface area contributed by atoms with Crippen molar-refractivity contribution in [3.8, 4) is 28.5 Å². The molecule has 0 fully saturated rings. The van der Waals surface area contributed by atoms with Gasteiger partial charge in [-0.3, -0.25) is 9.59 Å². The first-order valence-electron chi connectivity index (χ1n) is 10.3. The van der Waals surface area contributed by atoms with Gasteiger partial charge in [-0.05, 0) is 66.7 Å². The average molecular weight is 459 g/mol. The first kappa shape index (κ1) is 22.6. The smallest absolute Gasteiger partial charge is 0.338 e. The summed E-state index contributed by atoms with van der Waals surface area (Å²) in [5.41, 5.74) is 1.07. The molecule has 0 unspecified atom stereocenters. The van der Waals surface area contributed by atoms with Gasteiger partial charge < -0.3 is 24.3 Å². The van der Waals surface area contributed by atoms with Crippen LogP contribution in [-0.2, 0) is 4.74 Å². The summed E-state index contributed by atoms with van der Waals surface area (Å²) in [5.74, 6) is -0.280. The average Bonchev–Trinajstić information content (AvgIpc) is 2.89. The quantitative estimate of drug-likeness (QED) is 0.318. The number of Topliss-reactive ketones (excluding diaryl/α,β-unsaturated/α-hetero) is 1. The van der Waals surface area contributed by atoms with Gasteiger partial charge in [-0.15, -0.1) is 0 Å². The highest BCUT2D eigenvalue weighted by atomic mass is 16.5. The van der Waals surface area contributed by atoms with Gasteiger partial charge in [0.2, 0.25) is 5.43 Å². The second-order valence-corrected chi connectivity index (χ2v) is 7.39. The van der Waals surface area contributed by atoms with Crippen molar-refractivity contribution in [3.05, 3.63) is 88.1 Å². The van der Waals surface area contributed by atoms with E-state index >= 15 is 0 Å². The van der Waals surface area contributed by atoms with Crippen LogP contribution in [0.1, 0.15) is 20.7 Å². The standard InChI is InChI=1S/C26H21NO7/c1-32-18-8-3-15(4-9-18)22(28)14-34-26(31)17-7-12-20-21(13-17)27-23(25(30)24(20)29)16-5-10-19(33-2)11-6-16/h3-13,30H,14H2,1-2H3,(H,27,29). The molecule has 0 atom stereocenters. The minimum Gasteiger partial charge on any atom is -0.503 e. The van der Waals surface area contributed by atoms with E-state index in [0.29, 0.717) is 28.1 Å². The molecular formula is C26H21NO7. The van der Waals surface area contributed by atoms with E-state index in [9.17, 15) is 19.5 Å². The molecule has 0 saturated heterocycles. The Kier molecular flexibility index (Phi) is 6.31. The number of aromatic amines is 1. The van der Waals surface area contributed by atoms with E-state index in [2.05, 4.69) is 4.98 Å². The number of carbonyl (C=O) groups is 2. The molecule has 1 aromatic heterocycles. The number of methoxy groups -OCH3 is 2. The van der Waals surface area contributed by atoms with Gasteiger partial charge in [0.25, 0.3) is 0 Å². The molecule has 0 radical (unpaired) electrons. The molecule has 3 aromatic carbocycles. The Labute approximate surface area is 194 Å². The number of esters is 1. The number of H-pyrrole nitrogens is 1. The van der Waals surface area contributed by atoms with Crippen molar-refractivity contribution in [1.82, 2.24) is 4.98 Å². The monoisotopic (exact) mass is 459 g/mol. The highest BCUT2D eigenvalue weighted by molar-refractivity contribution is 6.00. The second kappa shape index (κ2) is 9.50. The van der Waals surface area contributed by atoms with E-state index in [1.54, 1.807) is 48.5 Å². The summed E-state index contributed by atoms with van der Waals surface area (Å²) in [6.45, 7) is -0.438. The van der Waals surface area contributed by atoms with Crippen LogP contribution in [0.4, 0.5) is 0 Å². The Hall–Kier alpha value is -4.59. The van der Waals surface area contributed by atoms with E-state index in [-0.39, 0.29) is 22.4 Å². The SMILES string of the molecule is COc1ccc(C(=O)COC(=O)c2ccc3c(=O)c(O)c(-c4ccc(OC)cc4)[nH]c3c2)cc1. The van der Waals surface area contributed by atoms with Crippen molar-refractivity contribution >= 4 is 22.7 Å². The lowest BCUT2D eigenvalue weighted by Crippen LogP contribution is -2.14.